The zero-order chi connectivity index (χ0) is 21.5. The lowest BCUT2D eigenvalue weighted by atomic mass is 9.98. The molecule has 0 spiro atoms. The molecule has 0 fully saturated rings. The van der Waals surface area contributed by atoms with Gasteiger partial charge < -0.3 is 10.0 Å². The van der Waals surface area contributed by atoms with Gasteiger partial charge >= 0.3 is 12.3 Å². The summed E-state index contributed by atoms with van der Waals surface area (Å²) in [6.07, 6.45) is -5.43. The molecule has 1 heterocycles. The van der Waals surface area contributed by atoms with E-state index in [9.17, 15) is 27.9 Å². The van der Waals surface area contributed by atoms with Crippen molar-refractivity contribution in [3.63, 3.8) is 0 Å². The highest BCUT2D eigenvalue weighted by Gasteiger charge is 2.40. The molecule has 8 heteroatoms. The van der Waals surface area contributed by atoms with E-state index in [0.29, 0.717) is 17.8 Å². The smallest absolute Gasteiger partial charge is 0.417 e. The Kier molecular flexibility index (Phi) is 5.30. The fraction of sp³-hybridized carbons (Fsp3) is 0.333. The van der Waals surface area contributed by atoms with Crippen LogP contribution in [-0.2, 0) is 6.18 Å². The molecule has 5 nitrogen and oxygen atoms in total. The lowest BCUT2D eigenvalue weighted by Crippen LogP contribution is -2.53. The molecule has 29 heavy (non-hydrogen) atoms. The molecular formula is C21H21F3N2O3. The number of alkyl halides is 3. The molecule has 3 rings (SSSR count). The molecule has 2 aromatic carbocycles. The van der Waals surface area contributed by atoms with E-state index in [4.69, 9.17) is 0 Å². The first kappa shape index (κ1) is 20.7. The van der Waals surface area contributed by atoms with E-state index in [-0.39, 0.29) is 6.54 Å². The highest BCUT2D eigenvalue weighted by molar-refractivity contribution is 6.11. The Morgan fingerprint density at radius 3 is 2.24 bits per heavy atom. The predicted molar refractivity (Wildman–Crippen MR) is 104 cm³/mol. The fourth-order valence-corrected chi connectivity index (χ4v) is 3.61. The molecule has 154 valence electrons. The molecule has 1 N–H and O–H groups in total. The number of carbonyl (C=O) groups is 2. The second kappa shape index (κ2) is 7.42. The molecule has 1 atom stereocenters. The summed E-state index contributed by atoms with van der Waals surface area (Å²) >= 11 is 0. The van der Waals surface area contributed by atoms with E-state index >= 15 is 0 Å². The van der Waals surface area contributed by atoms with Crippen molar-refractivity contribution >= 4 is 23.4 Å². The topological polar surface area (TPSA) is 60.9 Å². The van der Waals surface area contributed by atoms with Gasteiger partial charge in [-0.1, -0.05) is 19.1 Å². The third-order valence-electron chi connectivity index (χ3n) is 5.29. The molecule has 0 aromatic heterocycles. The van der Waals surface area contributed by atoms with Crippen molar-refractivity contribution in [2.24, 2.45) is 0 Å². The van der Waals surface area contributed by atoms with Crippen molar-refractivity contribution in [1.29, 1.82) is 0 Å². The van der Waals surface area contributed by atoms with Gasteiger partial charge in [-0.25, -0.2) is 4.79 Å². The van der Waals surface area contributed by atoms with Crippen LogP contribution in [0.25, 0.3) is 0 Å². The standard InChI is InChI=1S/C21H21F3N2O3/c1-4-14-11-25(19(27)15-7-5-6-8-16(15)21(22,23)24)17-9-12(2)13(3)10-18(17)26(14)20(28)29/h5-10,14H,4,11H2,1-3H3,(H,28,29). The summed E-state index contributed by atoms with van der Waals surface area (Å²) < 4.78 is 40.3. The number of anilines is 2. The summed E-state index contributed by atoms with van der Waals surface area (Å²) in [6.45, 7) is 5.37. The fourth-order valence-electron chi connectivity index (χ4n) is 3.61. The number of halogens is 3. The molecule has 0 saturated carbocycles. The number of carboxylic acid groups (broad SMARTS) is 1. The minimum absolute atomic E-state index is 0.0245. The van der Waals surface area contributed by atoms with Crippen LogP contribution in [-0.4, -0.2) is 29.7 Å². The Hall–Kier alpha value is -3.03. The van der Waals surface area contributed by atoms with E-state index in [1.165, 1.54) is 21.9 Å². The van der Waals surface area contributed by atoms with E-state index in [1.54, 1.807) is 26.0 Å². The average Bonchev–Trinajstić information content (AvgIpc) is 2.66. The van der Waals surface area contributed by atoms with Gasteiger partial charge in [-0.3, -0.25) is 9.69 Å². The van der Waals surface area contributed by atoms with Crippen molar-refractivity contribution in [2.75, 3.05) is 16.3 Å². The number of nitrogens with zero attached hydrogens (tertiary/aromatic N) is 2. The second-order valence-corrected chi connectivity index (χ2v) is 7.10. The Balaban J connectivity index is 2.19. The third kappa shape index (κ3) is 3.66. The van der Waals surface area contributed by atoms with Crippen molar-refractivity contribution in [3.05, 3.63) is 58.7 Å². The summed E-state index contributed by atoms with van der Waals surface area (Å²) in [5, 5.41) is 9.71. The van der Waals surface area contributed by atoms with Crippen LogP contribution in [0.3, 0.4) is 0 Å². The Labute approximate surface area is 166 Å². The first-order valence-electron chi connectivity index (χ1n) is 9.17. The van der Waals surface area contributed by atoms with E-state index in [0.717, 1.165) is 23.3 Å². The van der Waals surface area contributed by atoms with E-state index in [2.05, 4.69) is 0 Å². The number of rotatable bonds is 2. The number of amides is 2. The maximum absolute atomic E-state index is 13.4. The number of carbonyl (C=O) groups excluding carboxylic acids is 1. The molecule has 1 unspecified atom stereocenters. The van der Waals surface area contributed by atoms with Gasteiger partial charge in [0.05, 0.1) is 28.5 Å². The first-order valence-corrected chi connectivity index (χ1v) is 9.17. The molecule has 2 amide bonds. The molecule has 0 saturated heterocycles. The molecule has 1 aliphatic rings. The van der Waals surface area contributed by atoms with Crippen LogP contribution in [0.4, 0.5) is 29.3 Å². The zero-order valence-corrected chi connectivity index (χ0v) is 16.2. The van der Waals surface area contributed by atoms with E-state index in [1.807, 2.05) is 6.92 Å². The molecule has 2 aromatic rings. The SMILES string of the molecule is CCC1CN(C(=O)c2ccccc2C(F)(F)F)c2cc(C)c(C)cc2N1C(=O)O. The van der Waals surface area contributed by atoms with Gasteiger partial charge in [0.15, 0.2) is 0 Å². The van der Waals surface area contributed by atoms with Gasteiger partial charge in [0.1, 0.15) is 0 Å². The summed E-state index contributed by atoms with van der Waals surface area (Å²) in [6, 6.07) is 7.39. The van der Waals surface area contributed by atoms with Crippen LogP contribution in [0.5, 0.6) is 0 Å². The van der Waals surface area contributed by atoms with Gasteiger partial charge in [-0.2, -0.15) is 13.2 Å². The number of fused-ring (bicyclic) bond motifs is 1. The minimum Gasteiger partial charge on any atom is -0.465 e. The Morgan fingerprint density at radius 1 is 1.10 bits per heavy atom. The molecule has 0 bridgehead atoms. The normalized spacial score (nSPS) is 16.6. The Bertz CT molecular complexity index is 972. The highest BCUT2D eigenvalue weighted by atomic mass is 19.4. The summed E-state index contributed by atoms with van der Waals surface area (Å²) in [4.78, 5) is 27.6. The summed E-state index contributed by atoms with van der Waals surface area (Å²) in [7, 11) is 0. The average molecular weight is 406 g/mol. The predicted octanol–water partition coefficient (Wildman–Crippen LogP) is 5.25. The molecule has 0 radical (unpaired) electrons. The monoisotopic (exact) mass is 406 g/mol. The van der Waals surface area contributed by atoms with Crippen LogP contribution in [0.1, 0.15) is 40.4 Å². The third-order valence-corrected chi connectivity index (χ3v) is 5.29. The van der Waals surface area contributed by atoms with Crippen LogP contribution >= 0.6 is 0 Å². The van der Waals surface area contributed by atoms with Crippen LogP contribution in [0.15, 0.2) is 36.4 Å². The minimum atomic E-state index is -4.68. The van der Waals surface area contributed by atoms with Crippen molar-refractivity contribution in [1.82, 2.24) is 0 Å². The maximum atomic E-state index is 13.4. The number of hydrogen-bond donors (Lipinski definition) is 1. The summed E-state index contributed by atoms with van der Waals surface area (Å²) in [5.41, 5.74) is 0.770. The second-order valence-electron chi connectivity index (χ2n) is 7.10. The van der Waals surface area contributed by atoms with Gasteiger partial charge in [-0.05, 0) is 55.7 Å². The lowest BCUT2D eigenvalue weighted by Gasteiger charge is -2.41. The van der Waals surface area contributed by atoms with Gasteiger partial charge in [0.2, 0.25) is 0 Å². The zero-order valence-electron chi connectivity index (χ0n) is 16.2. The van der Waals surface area contributed by atoms with Crippen molar-refractivity contribution < 1.29 is 27.9 Å². The maximum Gasteiger partial charge on any atom is 0.417 e. The quantitative estimate of drug-likeness (QED) is 0.741. The number of aryl methyl sites for hydroxylation is 2. The number of hydrogen-bond acceptors (Lipinski definition) is 2. The van der Waals surface area contributed by atoms with Gasteiger partial charge in [0, 0.05) is 6.54 Å². The van der Waals surface area contributed by atoms with Crippen LogP contribution < -0.4 is 9.80 Å². The molecule has 1 aliphatic heterocycles. The van der Waals surface area contributed by atoms with Gasteiger partial charge in [0.25, 0.3) is 5.91 Å². The summed E-state index contributed by atoms with van der Waals surface area (Å²) in [5.74, 6) is -0.800. The largest absolute Gasteiger partial charge is 0.465 e. The lowest BCUT2D eigenvalue weighted by molar-refractivity contribution is -0.137. The van der Waals surface area contributed by atoms with Crippen molar-refractivity contribution in [3.8, 4) is 0 Å². The van der Waals surface area contributed by atoms with E-state index < -0.39 is 35.3 Å². The highest BCUT2D eigenvalue weighted by Crippen LogP contribution is 2.40. The molecule has 0 aliphatic carbocycles. The Morgan fingerprint density at radius 2 is 1.69 bits per heavy atom. The van der Waals surface area contributed by atoms with Crippen LogP contribution in [0, 0.1) is 13.8 Å². The van der Waals surface area contributed by atoms with Crippen LogP contribution in [0.2, 0.25) is 0 Å². The molecular weight excluding hydrogens is 385 g/mol. The van der Waals surface area contributed by atoms with Gasteiger partial charge in [-0.15, -0.1) is 0 Å². The first-order chi connectivity index (χ1) is 13.6. The van der Waals surface area contributed by atoms with Crippen molar-refractivity contribution in [2.45, 2.75) is 39.4 Å². The number of benzene rings is 2.